The number of nitrogens with one attached hydrogen (secondary N) is 1. The standard InChI is InChI=1S/C17H16FN3O4S/c1-20(2)16(22)10-26-15-6-4-3-5-12(15)17(23)19-11-7-8-13(18)14(9-11)21(24)25/h3-9H,10H2,1-2H3,(H,19,23). The number of nitro benzene ring substituents is 1. The molecule has 2 aromatic rings. The SMILES string of the molecule is CN(C)C(=O)CSc1ccccc1C(=O)Nc1ccc(F)c([N+](=O)[O-])c1. The van der Waals surface area contributed by atoms with E-state index < -0.39 is 22.3 Å². The highest BCUT2D eigenvalue weighted by Crippen LogP contribution is 2.25. The molecule has 0 aromatic heterocycles. The third-order valence-electron chi connectivity index (χ3n) is 3.38. The van der Waals surface area contributed by atoms with Gasteiger partial charge < -0.3 is 10.2 Å². The number of carbonyl (C=O) groups excluding carboxylic acids is 2. The van der Waals surface area contributed by atoms with Gasteiger partial charge in [-0.1, -0.05) is 12.1 Å². The topological polar surface area (TPSA) is 92.6 Å². The quantitative estimate of drug-likeness (QED) is 0.474. The molecule has 0 radical (unpaired) electrons. The summed E-state index contributed by atoms with van der Waals surface area (Å²) in [5.74, 6) is -1.42. The van der Waals surface area contributed by atoms with Crippen LogP contribution in [0.2, 0.25) is 0 Å². The predicted octanol–water partition coefficient (Wildman–Crippen LogP) is 3.17. The number of nitrogens with zero attached hydrogens (tertiary/aromatic N) is 2. The largest absolute Gasteiger partial charge is 0.348 e. The lowest BCUT2D eigenvalue weighted by atomic mass is 10.2. The molecule has 0 heterocycles. The maximum absolute atomic E-state index is 13.4. The third kappa shape index (κ3) is 4.79. The van der Waals surface area contributed by atoms with Crippen LogP contribution >= 0.6 is 11.8 Å². The number of nitro groups is 1. The van der Waals surface area contributed by atoms with E-state index in [1.54, 1.807) is 38.4 Å². The number of carbonyl (C=O) groups is 2. The molecule has 0 saturated carbocycles. The minimum Gasteiger partial charge on any atom is -0.348 e. The Bertz CT molecular complexity index is 858. The van der Waals surface area contributed by atoms with Crippen LogP contribution in [0.15, 0.2) is 47.4 Å². The first-order valence-electron chi connectivity index (χ1n) is 7.47. The van der Waals surface area contributed by atoms with Crippen molar-refractivity contribution in [3.05, 3.63) is 64.0 Å². The van der Waals surface area contributed by atoms with E-state index in [9.17, 15) is 24.1 Å². The van der Waals surface area contributed by atoms with Gasteiger partial charge in [-0.2, -0.15) is 4.39 Å². The molecule has 0 aliphatic heterocycles. The van der Waals surface area contributed by atoms with Gasteiger partial charge in [-0.05, 0) is 24.3 Å². The van der Waals surface area contributed by atoms with E-state index in [0.717, 1.165) is 12.1 Å². The highest BCUT2D eigenvalue weighted by molar-refractivity contribution is 8.00. The lowest BCUT2D eigenvalue weighted by Gasteiger charge is -2.12. The van der Waals surface area contributed by atoms with Crippen molar-refractivity contribution in [1.29, 1.82) is 0 Å². The molecule has 0 spiro atoms. The van der Waals surface area contributed by atoms with Gasteiger partial charge in [-0.25, -0.2) is 0 Å². The fraction of sp³-hybridized carbons (Fsp3) is 0.176. The summed E-state index contributed by atoms with van der Waals surface area (Å²) in [4.78, 5) is 36.2. The number of hydrogen-bond acceptors (Lipinski definition) is 5. The van der Waals surface area contributed by atoms with Crippen molar-refractivity contribution in [2.45, 2.75) is 4.90 Å². The minimum atomic E-state index is -0.980. The number of benzene rings is 2. The maximum Gasteiger partial charge on any atom is 0.306 e. The first kappa shape index (κ1) is 19.4. The summed E-state index contributed by atoms with van der Waals surface area (Å²) in [5, 5.41) is 13.3. The van der Waals surface area contributed by atoms with Crippen molar-refractivity contribution in [2.75, 3.05) is 25.2 Å². The number of hydrogen-bond donors (Lipinski definition) is 1. The molecule has 7 nitrogen and oxygen atoms in total. The number of amides is 2. The number of halogens is 1. The van der Waals surface area contributed by atoms with Gasteiger partial charge >= 0.3 is 5.69 Å². The fourth-order valence-electron chi connectivity index (χ4n) is 1.98. The van der Waals surface area contributed by atoms with Crippen LogP contribution in [0.3, 0.4) is 0 Å². The van der Waals surface area contributed by atoms with Crippen molar-refractivity contribution in [1.82, 2.24) is 4.90 Å². The monoisotopic (exact) mass is 377 g/mol. The van der Waals surface area contributed by atoms with Crippen LogP contribution in [0.4, 0.5) is 15.8 Å². The summed E-state index contributed by atoms with van der Waals surface area (Å²) in [6, 6.07) is 9.81. The molecule has 0 aliphatic carbocycles. The van der Waals surface area contributed by atoms with E-state index in [4.69, 9.17) is 0 Å². The van der Waals surface area contributed by atoms with Crippen LogP contribution in [-0.4, -0.2) is 41.5 Å². The number of thioether (sulfide) groups is 1. The van der Waals surface area contributed by atoms with Crippen LogP contribution in [0, 0.1) is 15.9 Å². The van der Waals surface area contributed by atoms with E-state index in [-0.39, 0.29) is 17.3 Å². The molecule has 2 rings (SSSR count). The predicted molar refractivity (Wildman–Crippen MR) is 96.9 cm³/mol. The zero-order chi connectivity index (χ0) is 19.3. The third-order valence-corrected chi connectivity index (χ3v) is 4.44. The van der Waals surface area contributed by atoms with Gasteiger partial charge in [-0.3, -0.25) is 19.7 Å². The molecule has 136 valence electrons. The molecule has 0 bridgehead atoms. The van der Waals surface area contributed by atoms with E-state index in [2.05, 4.69) is 5.32 Å². The molecular weight excluding hydrogens is 361 g/mol. The second-order valence-corrected chi connectivity index (χ2v) is 6.47. The van der Waals surface area contributed by atoms with Crippen LogP contribution < -0.4 is 5.32 Å². The Morgan fingerprint density at radius 1 is 1.23 bits per heavy atom. The zero-order valence-electron chi connectivity index (χ0n) is 14.1. The first-order chi connectivity index (χ1) is 12.3. The van der Waals surface area contributed by atoms with Gasteiger partial charge in [-0.15, -0.1) is 11.8 Å². The Kier molecular flexibility index (Phi) is 6.29. The highest BCUT2D eigenvalue weighted by atomic mass is 32.2. The minimum absolute atomic E-state index is 0.0978. The van der Waals surface area contributed by atoms with E-state index in [1.807, 2.05) is 0 Å². The van der Waals surface area contributed by atoms with Gasteiger partial charge in [0.15, 0.2) is 0 Å². The normalized spacial score (nSPS) is 10.3. The smallest absolute Gasteiger partial charge is 0.306 e. The summed E-state index contributed by atoms with van der Waals surface area (Å²) < 4.78 is 13.4. The Morgan fingerprint density at radius 3 is 2.58 bits per heavy atom. The lowest BCUT2D eigenvalue weighted by molar-refractivity contribution is -0.387. The molecule has 0 atom stereocenters. The summed E-state index contributed by atoms with van der Waals surface area (Å²) in [6.07, 6.45) is 0. The molecule has 2 amide bonds. The second-order valence-electron chi connectivity index (χ2n) is 5.45. The van der Waals surface area contributed by atoms with Crippen molar-refractivity contribution in [2.24, 2.45) is 0 Å². The van der Waals surface area contributed by atoms with Crippen LogP contribution in [0.25, 0.3) is 0 Å². The van der Waals surface area contributed by atoms with Gasteiger partial charge in [0.25, 0.3) is 5.91 Å². The number of rotatable bonds is 6. The van der Waals surface area contributed by atoms with Crippen LogP contribution in [0.5, 0.6) is 0 Å². The van der Waals surface area contributed by atoms with Crippen LogP contribution in [-0.2, 0) is 4.79 Å². The summed E-state index contributed by atoms with van der Waals surface area (Å²) in [6.45, 7) is 0. The molecule has 9 heteroatoms. The van der Waals surface area contributed by atoms with Gasteiger partial charge in [0.2, 0.25) is 11.7 Å². The molecule has 1 N–H and O–H groups in total. The van der Waals surface area contributed by atoms with Gasteiger partial charge in [0, 0.05) is 30.7 Å². The number of anilines is 1. The zero-order valence-corrected chi connectivity index (χ0v) is 14.9. The Morgan fingerprint density at radius 2 is 1.92 bits per heavy atom. The van der Waals surface area contributed by atoms with E-state index >= 15 is 0 Å². The molecule has 0 aliphatic rings. The van der Waals surface area contributed by atoms with E-state index in [0.29, 0.717) is 10.5 Å². The maximum atomic E-state index is 13.4. The van der Waals surface area contributed by atoms with E-state index in [1.165, 1.54) is 22.7 Å². The van der Waals surface area contributed by atoms with Crippen molar-refractivity contribution < 1.29 is 18.9 Å². The average molecular weight is 377 g/mol. The molecule has 0 saturated heterocycles. The molecule has 2 aromatic carbocycles. The Hall–Kier alpha value is -2.94. The summed E-state index contributed by atoms with van der Waals surface area (Å²) in [7, 11) is 3.28. The molecular formula is C17H16FN3O4S. The lowest BCUT2D eigenvalue weighted by Crippen LogP contribution is -2.23. The van der Waals surface area contributed by atoms with Gasteiger partial charge in [0.1, 0.15) is 0 Å². The van der Waals surface area contributed by atoms with Crippen molar-refractivity contribution >= 4 is 35.0 Å². The summed E-state index contributed by atoms with van der Waals surface area (Å²) in [5.41, 5.74) is -0.301. The molecule has 0 fully saturated rings. The highest BCUT2D eigenvalue weighted by Gasteiger charge is 2.17. The molecule has 26 heavy (non-hydrogen) atoms. The van der Waals surface area contributed by atoms with Gasteiger partial charge in [0.05, 0.1) is 16.2 Å². The average Bonchev–Trinajstić information content (AvgIpc) is 2.61. The molecule has 0 unspecified atom stereocenters. The fourth-order valence-corrected chi connectivity index (χ4v) is 3.01. The Labute approximate surface area is 153 Å². The Balaban J connectivity index is 2.19. The summed E-state index contributed by atoms with van der Waals surface area (Å²) >= 11 is 1.21. The first-order valence-corrected chi connectivity index (χ1v) is 8.45. The van der Waals surface area contributed by atoms with Crippen LogP contribution in [0.1, 0.15) is 10.4 Å². The van der Waals surface area contributed by atoms with Crippen molar-refractivity contribution in [3.8, 4) is 0 Å². The second kappa shape index (κ2) is 8.43. The van der Waals surface area contributed by atoms with Crippen molar-refractivity contribution in [3.63, 3.8) is 0 Å².